The molecule has 0 saturated carbocycles. The molecule has 1 aliphatic rings. The van der Waals surface area contributed by atoms with Gasteiger partial charge in [0.15, 0.2) is 5.76 Å². The van der Waals surface area contributed by atoms with Gasteiger partial charge in [0, 0.05) is 31.3 Å². The van der Waals surface area contributed by atoms with Crippen molar-refractivity contribution >= 4 is 23.3 Å². The third-order valence-corrected chi connectivity index (χ3v) is 6.99. The van der Waals surface area contributed by atoms with Crippen molar-refractivity contribution in [3.8, 4) is 5.75 Å². The molecule has 4 N–H and O–H groups in total. The average Bonchev–Trinajstić information content (AvgIpc) is 3.22. The summed E-state index contributed by atoms with van der Waals surface area (Å²) in [5.74, 6) is 0.643. The third-order valence-electron chi connectivity index (χ3n) is 6.99. The topological polar surface area (TPSA) is 138 Å². The molecule has 216 valence electrons. The van der Waals surface area contributed by atoms with Crippen molar-refractivity contribution in [2.45, 2.75) is 72.1 Å². The highest BCUT2D eigenvalue weighted by Crippen LogP contribution is 2.29. The molecule has 1 aromatic carbocycles. The van der Waals surface area contributed by atoms with Gasteiger partial charge in [-0.05, 0) is 72.2 Å². The summed E-state index contributed by atoms with van der Waals surface area (Å²) in [6.07, 6.45) is 2.43. The van der Waals surface area contributed by atoms with Crippen LogP contribution in [0.25, 0.3) is 0 Å². The Kier molecular flexibility index (Phi) is 11.1. The van der Waals surface area contributed by atoms with Crippen LogP contribution < -0.4 is 20.7 Å². The number of ether oxygens (including phenoxy) is 2. The zero-order valence-corrected chi connectivity index (χ0v) is 23.9. The van der Waals surface area contributed by atoms with Gasteiger partial charge in [-0.15, -0.1) is 0 Å². The standard InChI is InChI=1S/C28H43N5O6/c1-17-15-33(18(2)16-34)27(35)23-13-22(30-28(36)31-26-20(4)32-39-21(26)5)10-11-24(23)38-19(3)9-7-8-12-37-25(17)14-29-6/h10-11,13,17-19,25,29,34H,7-9,12,14-16H2,1-6H3,(H2,30,31,36)/t17-,18-,19+,25-/m1/s1. The summed E-state index contributed by atoms with van der Waals surface area (Å²) in [4.78, 5) is 28.4. The number of hydrogen-bond donors (Lipinski definition) is 4. The van der Waals surface area contributed by atoms with Crippen LogP contribution in [0.4, 0.5) is 16.2 Å². The van der Waals surface area contributed by atoms with Crippen LogP contribution in [-0.2, 0) is 4.74 Å². The van der Waals surface area contributed by atoms with E-state index < -0.39 is 12.1 Å². The largest absolute Gasteiger partial charge is 0.490 e. The molecule has 0 radical (unpaired) electrons. The maximum Gasteiger partial charge on any atom is 0.323 e. The SMILES string of the molecule is CNC[C@H]1OCCCC[C@H](C)Oc2ccc(NC(=O)Nc3c(C)noc3C)cc2C(=O)N([C@H](C)CO)C[C@H]1C. The zero-order chi connectivity index (χ0) is 28.5. The fraction of sp³-hybridized carbons (Fsp3) is 0.607. The van der Waals surface area contributed by atoms with E-state index in [1.165, 1.54) is 0 Å². The Morgan fingerprint density at radius 3 is 2.67 bits per heavy atom. The van der Waals surface area contributed by atoms with Gasteiger partial charge in [0.05, 0.1) is 30.4 Å². The first-order chi connectivity index (χ1) is 18.6. The van der Waals surface area contributed by atoms with Gasteiger partial charge in [-0.3, -0.25) is 4.79 Å². The summed E-state index contributed by atoms with van der Waals surface area (Å²) in [7, 11) is 1.88. The minimum Gasteiger partial charge on any atom is -0.490 e. The number of carbonyl (C=O) groups is 2. The molecule has 0 spiro atoms. The van der Waals surface area contributed by atoms with Crippen molar-refractivity contribution in [3.05, 3.63) is 35.2 Å². The number of likely N-dealkylation sites (N-methyl/N-ethyl adjacent to an activating group) is 1. The number of fused-ring (bicyclic) bond motifs is 1. The van der Waals surface area contributed by atoms with Crippen LogP contribution in [0, 0.1) is 19.8 Å². The van der Waals surface area contributed by atoms with Gasteiger partial charge >= 0.3 is 6.03 Å². The number of nitrogens with one attached hydrogen (secondary N) is 3. The fourth-order valence-corrected chi connectivity index (χ4v) is 4.63. The van der Waals surface area contributed by atoms with Gasteiger partial charge in [0.1, 0.15) is 17.1 Å². The Morgan fingerprint density at radius 1 is 1.23 bits per heavy atom. The molecule has 2 heterocycles. The summed E-state index contributed by atoms with van der Waals surface area (Å²) < 4.78 is 17.5. The highest BCUT2D eigenvalue weighted by molar-refractivity contribution is 6.03. The van der Waals surface area contributed by atoms with Gasteiger partial charge in [-0.2, -0.15) is 0 Å². The van der Waals surface area contributed by atoms with Crippen LogP contribution in [-0.4, -0.2) is 78.7 Å². The Labute approximate surface area is 230 Å². The molecule has 1 aromatic heterocycles. The molecule has 1 aliphatic heterocycles. The molecule has 11 nitrogen and oxygen atoms in total. The number of anilines is 2. The molecule has 0 unspecified atom stereocenters. The lowest BCUT2D eigenvalue weighted by Gasteiger charge is -2.34. The molecule has 0 fully saturated rings. The van der Waals surface area contributed by atoms with Crippen LogP contribution in [0.1, 0.15) is 61.8 Å². The number of aliphatic hydroxyl groups is 1. The second kappa shape index (κ2) is 14.3. The summed E-state index contributed by atoms with van der Waals surface area (Å²) in [6.45, 7) is 10.8. The van der Waals surface area contributed by atoms with E-state index in [-0.39, 0.29) is 30.6 Å². The van der Waals surface area contributed by atoms with Crippen LogP contribution in [0.3, 0.4) is 0 Å². The third kappa shape index (κ3) is 8.17. The minimum atomic E-state index is -0.492. The second-order valence-corrected chi connectivity index (χ2v) is 10.3. The quantitative estimate of drug-likeness (QED) is 0.428. The number of carbonyl (C=O) groups excluding carboxylic acids is 2. The molecule has 3 amide bonds. The maximum atomic E-state index is 14.0. The lowest BCUT2D eigenvalue weighted by molar-refractivity contribution is -0.000451. The number of aromatic nitrogens is 1. The van der Waals surface area contributed by atoms with Crippen molar-refractivity contribution in [3.63, 3.8) is 0 Å². The van der Waals surface area contributed by atoms with Crippen molar-refractivity contribution in [1.82, 2.24) is 15.4 Å². The van der Waals surface area contributed by atoms with E-state index in [2.05, 4.69) is 28.0 Å². The average molecular weight is 546 g/mol. The molecule has 2 aromatic rings. The van der Waals surface area contributed by atoms with Gasteiger partial charge in [0.25, 0.3) is 5.91 Å². The molecule has 3 rings (SSSR count). The van der Waals surface area contributed by atoms with Crippen molar-refractivity contribution in [2.24, 2.45) is 5.92 Å². The molecule has 39 heavy (non-hydrogen) atoms. The van der Waals surface area contributed by atoms with E-state index in [4.69, 9.17) is 14.0 Å². The minimum absolute atomic E-state index is 0.00349. The summed E-state index contributed by atoms with van der Waals surface area (Å²) in [5.41, 5.74) is 1.79. The normalized spacial score (nSPS) is 21.9. The van der Waals surface area contributed by atoms with Gasteiger partial charge in [0.2, 0.25) is 0 Å². The molecule has 0 aliphatic carbocycles. The van der Waals surface area contributed by atoms with Gasteiger partial charge < -0.3 is 40.0 Å². The molecule has 4 atom stereocenters. The summed E-state index contributed by atoms with van der Waals surface area (Å²) in [6, 6.07) is 4.10. The van der Waals surface area contributed by atoms with Gasteiger partial charge in [-0.1, -0.05) is 12.1 Å². The predicted molar refractivity (Wildman–Crippen MR) is 149 cm³/mol. The van der Waals surface area contributed by atoms with Crippen molar-refractivity contribution < 1.29 is 28.7 Å². The van der Waals surface area contributed by atoms with E-state index >= 15 is 0 Å². The maximum absolute atomic E-state index is 14.0. The Hall–Kier alpha value is -3.15. The number of aliphatic hydroxyl groups excluding tert-OH is 1. The molecular formula is C28H43N5O6. The lowest BCUT2D eigenvalue weighted by Crippen LogP contribution is -2.47. The van der Waals surface area contributed by atoms with Crippen LogP contribution in [0.5, 0.6) is 5.75 Å². The molecule has 11 heteroatoms. The first-order valence-electron chi connectivity index (χ1n) is 13.6. The van der Waals surface area contributed by atoms with E-state index in [1.54, 1.807) is 36.9 Å². The Balaban J connectivity index is 1.94. The molecular weight excluding hydrogens is 502 g/mol. The summed E-state index contributed by atoms with van der Waals surface area (Å²) in [5, 5.41) is 22.6. The highest BCUT2D eigenvalue weighted by Gasteiger charge is 2.29. The van der Waals surface area contributed by atoms with Crippen LogP contribution in [0.15, 0.2) is 22.7 Å². The number of nitrogens with zero attached hydrogens (tertiary/aromatic N) is 2. The second-order valence-electron chi connectivity index (χ2n) is 10.3. The first kappa shape index (κ1) is 30.4. The molecule has 0 saturated heterocycles. The fourth-order valence-electron chi connectivity index (χ4n) is 4.63. The van der Waals surface area contributed by atoms with E-state index in [9.17, 15) is 14.7 Å². The van der Waals surface area contributed by atoms with Crippen molar-refractivity contribution in [1.29, 1.82) is 0 Å². The Bertz CT molecular complexity index is 1090. The highest BCUT2D eigenvalue weighted by atomic mass is 16.5. The molecule has 0 bridgehead atoms. The van der Waals surface area contributed by atoms with Crippen molar-refractivity contribution in [2.75, 3.05) is 44.0 Å². The smallest absolute Gasteiger partial charge is 0.323 e. The number of aryl methyl sites for hydroxylation is 2. The number of amides is 3. The van der Waals surface area contributed by atoms with E-state index in [0.717, 1.165) is 19.3 Å². The number of rotatable bonds is 6. The van der Waals surface area contributed by atoms with Crippen LogP contribution >= 0.6 is 0 Å². The monoisotopic (exact) mass is 545 g/mol. The number of hydrogen-bond acceptors (Lipinski definition) is 8. The first-order valence-corrected chi connectivity index (χ1v) is 13.6. The zero-order valence-electron chi connectivity index (χ0n) is 23.9. The van der Waals surface area contributed by atoms with E-state index in [1.807, 2.05) is 20.9 Å². The van der Waals surface area contributed by atoms with Crippen LogP contribution in [0.2, 0.25) is 0 Å². The number of benzene rings is 1. The van der Waals surface area contributed by atoms with E-state index in [0.29, 0.717) is 53.8 Å². The lowest BCUT2D eigenvalue weighted by atomic mass is 10.0. The number of urea groups is 1. The Morgan fingerprint density at radius 2 is 2.00 bits per heavy atom. The van der Waals surface area contributed by atoms with Gasteiger partial charge in [-0.25, -0.2) is 4.79 Å². The predicted octanol–water partition coefficient (Wildman–Crippen LogP) is 3.95. The summed E-state index contributed by atoms with van der Waals surface area (Å²) >= 11 is 0.